The Balaban J connectivity index is 1.93. The third-order valence-electron chi connectivity index (χ3n) is 3.00. The lowest BCUT2D eigenvalue weighted by molar-refractivity contribution is 0.0697. The minimum atomic E-state index is -0.922. The highest BCUT2D eigenvalue weighted by molar-refractivity contribution is 9.10. The second-order valence-electron chi connectivity index (χ2n) is 4.43. The number of hydrogen-bond donors (Lipinski definition) is 1. The Hall–Kier alpha value is -1.98. The first-order chi connectivity index (χ1) is 10.1. The molecule has 0 unspecified atom stereocenters. The largest absolute Gasteiger partial charge is 0.478 e. The van der Waals surface area contributed by atoms with E-state index in [2.05, 4.69) is 20.9 Å². The van der Waals surface area contributed by atoms with Crippen LogP contribution in [0.2, 0.25) is 0 Å². The van der Waals surface area contributed by atoms with Crippen LogP contribution in [0.5, 0.6) is 0 Å². The van der Waals surface area contributed by atoms with Crippen molar-refractivity contribution in [2.24, 2.45) is 0 Å². The number of aromatic nitrogens is 1. The summed E-state index contributed by atoms with van der Waals surface area (Å²) in [6, 6.07) is 14.7. The smallest absolute Gasteiger partial charge is 0.335 e. The molecule has 3 aromatic rings. The third kappa shape index (κ3) is 3.04. The highest BCUT2D eigenvalue weighted by Crippen LogP contribution is 2.30. The highest BCUT2D eigenvalue weighted by atomic mass is 79.9. The Bertz CT molecular complexity index is 796. The predicted octanol–water partition coefficient (Wildman–Crippen LogP) is 4.94. The maximum Gasteiger partial charge on any atom is 0.335 e. The van der Waals surface area contributed by atoms with Crippen LogP contribution in [0.3, 0.4) is 0 Å². The molecule has 0 radical (unpaired) electrons. The van der Waals surface area contributed by atoms with E-state index in [0.29, 0.717) is 0 Å². The second-order valence-corrected chi connectivity index (χ2v) is 6.20. The summed E-state index contributed by atoms with van der Waals surface area (Å²) in [6.45, 7) is 0. The fraction of sp³-hybridized carbons (Fsp3) is 0. The van der Waals surface area contributed by atoms with Gasteiger partial charge in [-0.1, -0.05) is 40.2 Å². The molecule has 1 aromatic heterocycles. The molecule has 0 saturated heterocycles. The Labute approximate surface area is 134 Å². The monoisotopic (exact) mass is 359 g/mol. The molecule has 0 aliphatic rings. The van der Waals surface area contributed by atoms with Crippen LogP contribution in [-0.4, -0.2) is 16.1 Å². The zero-order valence-electron chi connectivity index (χ0n) is 10.8. The number of nitrogens with zero attached hydrogens (tertiary/aromatic N) is 1. The van der Waals surface area contributed by atoms with Gasteiger partial charge >= 0.3 is 5.97 Å². The molecule has 0 aliphatic heterocycles. The predicted molar refractivity (Wildman–Crippen MR) is 87.6 cm³/mol. The van der Waals surface area contributed by atoms with Crippen molar-refractivity contribution in [2.75, 3.05) is 0 Å². The van der Waals surface area contributed by atoms with Gasteiger partial charge in [-0.25, -0.2) is 9.78 Å². The van der Waals surface area contributed by atoms with E-state index >= 15 is 0 Å². The van der Waals surface area contributed by atoms with E-state index in [1.807, 2.05) is 29.6 Å². The van der Waals surface area contributed by atoms with Gasteiger partial charge in [0.15, 0.2) is 0 Å². The maximum absolute atomic E-state index is 10.9. The Morgan fingerprint density at radius 1 is 1.10 bits per heavy atom. The van der Waals surface area contributed by atoms with Crippen molar-refractivity contribution in [1.29, 1.82) is 0 Å². The van der Waals surface area contributed by atoms with Crippen LogP contribution < -0.4 is 0 Å². The molecule has 21 heavy (non-hydrogen) atoms. The minimum Gasteiger partial charge on any atom is -0.478 e. The second kappa shape index (κ2) is 5.79. The number of carboxylic acid groups (broad SMARTS) is 1. The molecular weight excluding hydrogens is 350 g/mol. The van der Waals surface area contributed by atoms with E-state index in [-0.39, 0.29) is 5.56 Å². The number of aromatic carboxylic acids is 1. The van der Waals surface area contributed by atoms with Crippen molar-refractivity contribution in [3.63, 3.8) is 0 Å². The topological polar surface area (TPSA) is 50.2 Å². The summed E-state index contributed by atoms with van der Waals surface area (Å²) in [5.41, 5.74) is 3.10. The van der Waals surface area contributed by atoms with Gasteiger partial charge in [0.05, 0.1) is 11.3 Å². The standard InChI is InChI=1S/C16H10BrNO2S/c17-13-3-1-2-12(8-13)15-18-14(9-21-15)10-4-6-11(7-5-10)16(19)20/h1-9H,(H,19,20). The van der Waals surface area contributed by atoms with Crippen LogP contribution in [0.1, 0.15) is 10.4 Å². The van der Waals surface area contributed by atoms with Gasteiger partial charge < -0.3 is 5.11 Å². The van der Waals surface area contributed by atoms with Crippen LogP contribution in [0.25, 0.3) is 21.8 Å². The van der Waals surface area contributed by atoms with E-state index in [1.54, 1.807) is 35.6 Å². The lowest BCUT2D eigenvalue weighted by atomic mass is 10.1. The van der Waals surface area contributed by atoms with Crippen molar-refractivity contribution in [3.05, 3.63) is 63.9 Å². The lowest BCUT2D eigenvalue weighted by Gasteiger charge is -1.99. The average Bonchev–Trinajstić information content (AvgIpc) is 2.97. The number of benzene rings is 2. The van der Waals surface area contributed by atoms with E-state index in [0.717, 1.165) is 26.3 Å². The maximum atomic E-state index is 10.9. The normalized spacial score (nSPS) is 10.5. The van der Waals surface area contributed by atoms with Crippen molar-refractivity contribution in [1.82, 2.24) is 4.98 Å². The Kier molecular flexibility index (Phi) is 3.86. The van der Waals surface area contributed by atoms with Gasteiger partial charge in [0, 0.05) is 21.0 Å². The van der Waals surface area contributed by atoms with Crippen molar-refractivity contribution in [3.8, 4) is 21.8 Å². The van der Waals surface area contributed by atoms with Gasteiger partial charge in [-0.2, -0.15) is 0 Å². The number of thiazole rings is 1. The van der Waals surface area contributed by atoms with Crippen molar-refractivity contribution < 1.29 is 9.90 Å². The number of carboxylic acids is 1. The Morgan fingerprint density at radius 2 is 1.86 bits per heavy atom. The van der Waals surface area contributed by atoms with Gasteiger partial charge in [-0.15, -0.1) is 11.3 Å². The summed E-state index contributed by atoms with van der Waals surface area (Å²) in [5, 5.41) is 11.8. The van der Waals surface area contributed by atoms with E-state index in [1.165, 1.54) is 0 Å². The van der Waals surface area contributed by atoms with Gasteiger partial charge in [0.2, 0.25) is 0 Å². The first-order valence-corrected chi connectivity index (χ1v) is 7.86. The number of rotatable bonds is 3. The summed E-state index contributed by atoms with van der Waals surface area (Å²) in [7, 11) is 0. The molecule has 0 aliphatic carbocycles. The van der Waals surface area contributed by atoms with Crippen LogP contribution in [0, 0.1) is 0 Å². The van der Waals surface area contributed by atoms with Crippen LogP contribution in [-0.2, 0) is 0 Å². The summed E-state index contributed by atoms with van der Waals surface area (Å²) in [4.78, 5) is 15.5. The number of hydrogen-bond acceptors (Lipinski definition) is 3. The van der Waals surface area contributed by atoms with Gasteiger partial charge in [0.25, 0.3) is 0 Å². The fourth-order valence-corrected chi connectivity index (χ4v) is 3.17. The SMILES string of the molecule is O=C(O)c1ccc(-c2csc(-c3cccc(Br)c3)n2)cc1. The number of carbonyl (C=O) groups is 1. The quantitative estimate of drug-likeness (QED) is 0.720. The van der Waals surface area contributed by atoms with Gasteiger partial charge in [-0.05, 0) is 24.3 Å². The average molecular weight is 360 g/mol. The zero-order valence-corrected chi connectivity index (χ0v) is 13.2. The summed E-state index contributed by atoms with van der Waals surface area (Å²) >= 11 is 5.02. The molecule has 3 nitrogen and oxygen atoms in total. The summed E-state index contributed by atoms with van der Waals surface area (Å²) in [6.07, 6.45) is 0. The Morgan fingerprint density at radius 3 is 2.52 bits per heavy atom. The molecule has 0 fully saturated rings. The van der Waals surface area contributed by atoms with Gasteiger partial charge in [0.1, 0.15) is 5.01 Å². The van der Waals surface area contributed by atoms with E-state index < -0.39 is 5.97 Å². The molecule has 0 saturated carbocycles. The molecular formula is C16H10BrNO2S. The lowest BCUT2D eigenvalue weighted by Crippen LogP contribution is -1.94. The fourth-order valence-electron chi connectivity index (χ4n) is 1.94. The zero-order chi connectivity index (χ0) is 14.8. The first-order valence-electron chi connectivity index (χ1n) is 6.19. The third-order valence-corrected chi connectivity index (χ3v) is 4.39. The molecule has 0 spiro atoms. The first kappa shape index (κ1) is 14.0. The van der Waals surface area contributed by atoms with E-state index in [4.69, 9.17) is 5.11 Å². The molecule has 1 N–H and O–H groups in total. The molecule has 104 valence electrons. The van der Waals surface area contributed by atoms with Gasteiger partial charge in [-0.3, -0.25) is 0 Å². The summed E-state index contributed by atoms with van der Waals surface area (Å²) in [5.74, 6) is -0.922. The van der Waals surface area contributed by atoms with Crippen molar-refractivity contribution >= 4 is 33.2 Å². The molecule has 0 atom stereocenters. The molecule has 0 amide bonds. The molecule has 2 aromatic carbocycles. The number of halogens is 1. The molecule has 5 heteroatoms. The summed E-state index contributed by atoms with van der Waals surface area (Å²) < 4.78 is 1.02. The minimum absolute atomic E-state index is 0.279. The van der Waals surface area contributed by atoms with Crippen LogP contribution >= 0.6 is 27.3 Å². The molecule has 1 heterocycles. The van der Waals surface area contributed by atoms with Crippen LogP contribution in [0.4, 0.5) is 0 Å². The molecule has 0 bridgehead atoms. The highest BCUT2D eigenvalue weighted by Gasteiger charge is 2.08. The molecule has 3 rings (SSSR count). The van der Waals surface area contributed by atoms with Crippen molar-refractivity contribution in [2.45, 2.75) is 0 Å². The van der Waals surface area contributed by atoms with E-state index in [9.17, 15) is 4.79 Å². The van der Waals surface area contributed by atoms with Crippen LogP contribution in [0.15, 0.2) is 58.4 Å².